The highest BCUT2D eigenvalue weighted by molar-refractivity contribution is 5.94. The molecule has 128 valence electrons. The Hall–Kier alpha value is -2.88. The van der Waals surface area contributed by atoms with Gasteiger partial charge in [-0.3, -0.25) is 9.59 Å². The molecule has 0 aliphatic rings. The van der Waals surface area contributed by atoms with Crippen LogP contribution < -0.4 is 5.56 Å². The van der Waals surface area contributed by atoms with E-state index >= 15 is 0 Å². The molecule has 0 saturated carbocycles. The van der Waals surface area contributed by atoms with Gasteiger partial charge in [0, 0.05) is 23.2 Å². The fourth-order valence-electron chi connectivity index (χ4n) is 2.98. The van der Waals surface area contributed by atoms with Gasteiger partial charge >= 0.3 is 0 Å². The van der Waals surface area contributed by atoms with Crippen LogP contribution in [0.2, 0.25) is 0 Å². The van der Waals surface area contributed by atoms with Crippen LogP contribution >= 0.6 is 0 Å². The first-order chi connectivity index (χ1) is 12.1. The molecule has 3 rings (SSSR count). The van der Waals surface area contributed by atoms with Gasteiger partial charge in [0.2, 0.25) is 0 Å². The van der Waals surface area contributed by atoms with E-state index in [4.69, 9.17) is 0 Å². The molecule has 0 spiro atoms. The van der Waals surface area contributed by atoms with Crippen LogP contribution in [0.15, 0.2) is 59.4 Å². The standard InChI is InChI=1S/C21H22N2O2/c1-3-11-23(21(25)16-7-5-4-6-8-16)14-18-13-17-12-15(2)9-10-19(17)22-20(18)24/h4-10,12-13H,3,11,14H2,1-2H3,(H,22,24). The van der Waals surface area contributed by atoms with Gasteiger partial charge in [0.15, 0.2) is 0 Å². The average Bonchev–Trinajstić information content (AvgIpc) is 2.62. The number of aromatic nitrogens is 1. The Morgan fingerprint density at radius 3 is 2.56 bits per heavy atom. The molecule has 25 heavy (non-hydrogen) atoms. The van der Waals surface area contributed by atoms with Crippen LogP contribution in [0.4, 0.5) is 0 Å². The Morgan fingerprint density at radius 2 is 1.84 bits per heavy atom. The fourth-order valence-corrected chi connectivity index (χ4v) is 2.98. The maximum absolute atomic E-state index is 12.8. The van der Waals surface area contributed by atoms with Gasteiger partial charge in [0.25, 0.3) is 11.5 Å². The van der Waals surface area contributed by atoms with Crippen molar-refractivity contribution in [2.45, 2.75) is 26.8 Å². The number of carbonyl (C=O) groups excluding carboxylic acids is 1. The molecule has 2 aromatic carbocycles. The molecule has 0 aliphatic heterocycles. The van der Waals surface area contributed by atoms with Crippen molar-refractivity contribution in [1.29, 1.82) is 0 Å². The smallest absolute Gasteiger partial charge is 0.254 e. The van der Waals surface area contributed by atoms with Gasteiger partial charge in [-0.15, -0.1) is 0 Å². The zero-order valence-electron chi connectivity index (χ0n) is 14.6. The first-order valence-corrected chi connectivity index (χ1v) is 8.55. The number of nitrogens with one attached hydrogen (secondary N) is 1. The molecule has 0 unspecified atom stereocenters. The second-order valence-corrected chi connectivity index (χ2v) is 6.31. The summed E-state index contributed by atoms with van der Waals surface area (Å²) in [7, 11) is 0. The van der Waals surface area contributed by atoms with Gasteiger partial charge in [-0.1, -0.05) is 36.8 Å². The molecule has 1 aromatic heterocycles. The van der Waals surface area contributed by atoms with Gasteiger partial charge < -0.3 is 9.88 Å². The van der Waals surface area contributed by atoms with Crippen molar-refractivity contribution < 1.29 is 4.79 Å². The van der Waals surface area contributed by atoms with E-state index in [1.54, 1.807) is 17.0 Å². The highest BCUT2D eigenvalue weighted by Crippen LogP contribution is 2.15. The van der Waals surface area contributed by atoms with Crippen LogP contribution in [-0.2, 0) is 6.54 Å². The van der Waals surface area contributed by atoms with Gasteiger partial charge in [0.1, 0.15) is 0 Å². The number of aryl methyl sites for hydroxylation is 1. The summed E-state index contributed by atoms with van der Waals surface area (Å²) in [5.74, 6) is -0.0498. The normalized spacial score (nSPS) is 10.8. The molecular formula is C21H22N2O2. The van der Waals surface area contributed by atoms with Crippen molar-refractivity contribution in [3.05, 3.63) is 81.6 Å². The Bertz CT molecular complexity index is 945. The maximum atomic E-state index is 12.8. The molecule has 4 nitrogen and oxygen atoms in total. The van der Waals surface area contributed by atoms with Crippen LogP contribution in [0.25, 0.3) is 10.9 Å². The van der Waals surface area contributed by atoms with Crippen LogP contribution in [0, 0.1) is 6.92 Å². The number of aromatic amines is 1. The molecule has 0 saturated heterocycles. The zero-order chi connectivity index (χ0) is 17.8. The predicted molar refractivity (Wildman–Crippen MR) is 101 cm³/mol. The summed E-state index contributed by atoms with van der Waals surface area (Å²) in [5.41, 5.74) is 3.06. The van der Waals surface area contributed by atoms with Crippen molar-refractivity contribution >= 4 is 16.8 Å². The van der Waals surface area contributed by atoms with Gasteiger partial charge in [-0.2, -0.15) is 0 Å². The van der Waals surface area contributed by atoms with E-state index in [1.165, 1.54) is 0 Å². The molecule has 0 fully saturated rings. The molecule has 0 aliphatic carbocycles. The lowest BCUT2D eigenvalue weighted by molar-refractivity contribution is 0.0742. The fraction of sp³-hybridized carbons (Fsp3) is 0.238. The third-order valence-corrected chi connectivity index (χ3v) is 4.24. The third kappa shape index (κ3) is 3.79. The largest absolute Gasteiger partial charge is 0.334 e. The lowest BCUT2D eigenvalue weighted by atomic mass is 10.1. The van der Waals surface area contributed by atoms with Crippen molar-refractivity contribution in [3.63, 3.8) is 0 Å². The number of amides is 1. The second kappa shape index (κ2) is 7.34. The van der Waals surface area contributed by atoms with Crippen molar-refractivity contribution in [2.75, 3.05) is 6.54 Å². The van der Waals surface area contributed by atoms with E-state index in [0.29, 0.717) is 24.2 Å². The number of benzene rings is 2. The molecule has 1 amide bonds. The second-order valence-electron chi connectivity index (χ2n) is 6.31. The molecule has 1 N–H and O–H groups in total. The third-order valence-electron chi connectivity index (χ3n) is 4.24. The Morgan fingerprint density at radius 1 is 1.08 bits per heavy atom. The van der Waals surface area contributed by atoms with Crippen molar-refractivity contribution in [2.24, 2.45) is 0 Å². The van der Waals surface area contributed by atoms with Gasteiger partial charge in [-0.05, 0) is 49.1 Å². The molecular weight excluding hydrogens is 312 g/mol. The van der Waals surface area contributed by atoms with E-state index in [9.17, 15) is 9.59 Å². The number of hydrogen-bond donors (Lipinski definition) is 1. The van der Waals surface area contributed by atoms with Gasteiger partial charge in [-0.25, -0.2) is 0 Å². The minimum atomic E-state index is -0.140. The Balaban J connectivity index is 1.94. The number of rotatable bonds is 5. The summed E-state index contributed by atoms with van der Waals surface area (Å²) in [6, 6.07) is 17.0. The summed E-state index contributed by atoms with van der Waals surface area (Å²) in [6.45, 7) is 4.96. The maximum Gasteiger partial charge on any atom is 0.254 e. The topological polar surface area (TPSA) is 53.2 Å². The number of nitrogens with zero attached hydrogens (tertiary/aromatic N) is 1. The molecule has 1 heterocycles. The molecule has 0 radical (unpaired) electrons. The Kier molecular flexibility index (Phi) is 4.98. The summed E-state index contributed by atoms with van der Waals surface area (Å²) < 4.78 is 0. The number of pyridine rings is 1. The molecule has 0 bridgehead atoms. The first kappa shape index (κ1) is 17.0. The number of fused-ring (bicyclic) bond motifs is 1. The van der Waals surface area contributed by atoms with E-state index in [-0.39, 0.29) is 11.5 Å². The van der Waals surface area contributed by atoms with E-state index in [1.807, 2.05) is 56.3 Å². The quantitative estimate of drug-likeness (QED) is 0.769. The highest BCUT2D eigenvalue weighted by atomic mass is 16.2. The number of hydrogen-bond acceptors (Lipinski definition) is 2. The number of H-pyrrole nitrogens is 1. The predicted octanol–water partition coefficient (Wildman–Crippen LogP) is 3.89. The minimum absolute atomic E-state index is 0.0498. The lowest BCUT2D eigenvalue weighted by Crippen LogP contribution is -2.33. The monoisotopic (exact) mass is 334 g/mol. The SMILES string of the molecule is CCCN(Cc1cc2cc(C)ccc2[nH]c1=O)C(=O)c1ccccc1. The van der Waals surface area contributed by atoms with E-state index in [2.05, 4.69) is 4.98 Å². The van der Waals surface area contributed by atoms with E-state index in [0.717, 1.165) is 22.9 Å². The minimum Gasteiger partial charge on any atom is -0.334 e. The summed E-state index contributed by atoms with van der Waals surface area (Å²) in [6.07, 6.45) is 0.836. The molecule has 4 heteroatoms. The van der Waals surface area contributed by atoms with Crippen LogP contribution in [0.3, 0.4) is 0 Å². The summed E-state index contributed by atoms with van der Waals surface area (Å²) in [4.78, 5) is 29.9. The van der Waals surface area contributed by atoms with Crippen molar-refractivity contribution in [1.82, 2.24) is 9.88 Å². The molecule has 0 atom stereocenters. The highest BCUT2D eigenvalue weighted by Gasteiger charge is 2.17. The average molecular weight is 334 g/mol. The van der Waals surface area contributed by atoms with E-state index < -0.39 is 0 Å². The molecule has 3 aromatic rings. The van der Waals surface area contributed by atoms with Gasteiger partial charge in [0.05, 0.1) is 6.54 Å². The van der Waals surface area contributed by atoms with Crippen LogP contribution in [0.1, 0.15) is 34.8 Å². The summed E-state index contributed by atoms with van der Waals surface area (Å²) >= 11 is 0. The van der Waals surface area contributed by atoms with Crippen LogP contribution in [0.5, 0.6) is 0 Å². The van der Waals surface area contributed by atoms with Crippen molar-refractivity contribution in [3.8, 4) is 0 Å². The number of carbonyl (C=O) groups is 1. The zero-order valence-corrected chi connectivity index (χ0v) is 14.6. The Labute approximate surface area is 147 Å². The first-order valence-electron chi connectivity index (χ1n) is 8.55. The van der Waals surface area contributed by atoms with Crippen LogP contribution in [-0.4, -0.2) is 22.3 Å². The summed E-state index contributed by atoms with van der Waals surface area (Å²) in [5, 5.41) is 0.984. The lowest BCUT2D eigenvalue weighted by Gasteiger charge is -2.22.